The molecule has 0 aromatic carbocycles. The zero-order chi connectivity index (χ0) is 13.2. The zero-order valence-electron chi connectivity index (χ0n) is 9.33. The molecule has 0 saturated carbocycles. The van der Waals surface area contributed by atoms with Gasteiger partial charge in [-0.3, -0.25) is 9.59 Å². The first-order chi connectivity index (χ1) is 7.73. The Labute approximate surface area is 96.4 Å². The zero-order valence-corrected chi connectivity index (χ0v) is 9.33. The van der Waals surface area contributed by atoms with Gasteiger partial charge >= 0.3 is 12.1 Å². The Morgan fingerprint density at radius 2 is 1.76 bits per heavy atom. The highest BCUT2D eigenvalue weighted by molar-refractivity contribution is 5.79. The molecule has 4 nitrogen and oxygen atoms in total. The van der Waals surface area contributed by atoms with Gasteiger partial charge in [0.2, 0.25) is 5.91 Å². The lowest BCUT2D eigenvalue weighted by Crippen LogP contribution is -2.45. The van der Waals surface area contributed by atoms with E-state index in [2.05, 4.69) is 0 Å². The average molecular weight is 253 g/mol. The molecule has 0 aromatic rings. The molecule has 1 saturated heterocycles. The molecule has 0 radical (unpaired) electrons. The van der Waals surface area contributed by atoms with E-state index in [4.69, 9.17) is 5.11 Å². The van der Waals surface area contributed by atoms with E-state index in [-0.39, 0.29) is 25.9 Å². The summed E-state index contributed by atoms with van der Waals surface area (Å²) in [5.74, 6) is -4.51. The van der Waals surface area contributed by atoms with Crippen molar-refractivity contribution < 1.29 is 27.9 Å². The molecular weight excluding hydrogens is 239 g/mol. The second-order valence-electron chi connectivity index (χ2n) is 4.20. The van der Waals surface area contributed by atoms with Crippen LogP contribution in [0.1, 0.15) is 19.8 Å². The van der Waals surface area contributed by atoms with Gasteiger partial charge in [0.05, 0.1) is 5.92 Å². The van der Waals surface area contributed by atoms with Gasteiger partial charge in [-0.05, 0) is 19.8 Å². The number of carbonyl (C=O) groups excluding carboxylic acids is 1. The molecule has 1 unspecified atom stereocenters. The van der Waals surface area contributed by atoms with Crippen LogP contribution in [0.4, 0.5) is 13.2 Å². The fourth-order valence-electron chi connectivity index (χ4n) is 1.76. The van der Waals surface area contributed by atoms with Crippen LogP contribution in [0.15, 0.2) is 0 Å². The van der Waals surface area contributed by atoms with Crippen LogP contribution in [0, 0.1) is 11.8 Å². The number of carboxylic acid groups (broad SMARTS) is 1. The minimum absolute atomic E-state index is 0.0796. The van der Waals surface area contributed by atoms with Crippen LogP contribution in [-0.2, 0) is 9.59 Å². The molecule has 1 amide bonds. The van der Waals surface area contributed by atoms with E-state index in [0.29, 0.717) is 0 Å². The van der Waals surface area contributed by atoms with Gasteiger partial charge in [0.15, 0.2) is 0 Å². The van der Waals surface area contributed by atoms with Gasteiger partial charge in [0, 0.05) is 13.1 Å². The molecule has 1 aliphatic heterocycles. The van der Waals surface area contributed by atoms with Gasteiger partial charge in [-0.15, -0.1) is 0 Å². The van der Waals surface area contributed by atoms with Crippen molar-refractivity contribution in [2.75, 3.05) is 13.1 Å². The number of nitrogens with zero attached hydrogens (tertiary/aromatic N) is 1. The Morgan fingerprint density at radius 3 is 2.12 bits per heavy atom. The molecule has 0 aliphatic carbocycles. The number of halogens is 3. The fraction of sp³-hybridized carbons (Fsp3) is 0.800. The Bertz CT molecular complexity index is 308. The maximum atomic E-state index is 12.3. The Morgan fingerprint density at radius 1 is 1.29 bits per heavy atom. The molecule has 1 atom stereocenters. The first-order valence-corrected chi connectivity index (χ1v) is 5.31. The SMILES string of the molecule is CC(C(=O)N1CCC(C(=O)O)CC1)C(F)(F)F. The van der Waals surface area contributed by atoms with Crippen LogP contribution >= 0.6 is 0 Å². The summed E-state index contributed by atoms with van der Waals surface area (Å²) in [5, 5.41) is 8.72. The Balaban J connectivity index is 2.55. The highest BCUT2D eigenvalue weighted by Gasteiger charge is 2.43. The third-order valence-corrected chi connectivity index (χ3v) is 3.02. The molecule has 17 heavy (non-hydrogen) atoms. The predicted octanol–water partition coefficient (Wildman–Crippen LogP) is 1.51. The van der Waals surface area contributed by atoms with Crippen LogP contribution in [0.5, 0.6) is 0 Å². The number of piperidine rings is 1. The summed E-state index contributed by atoms with van der Waals surface area (Å²) in [6.07, 6.45) is -4.11. The molecule has 0 bridgehead atoms. The molecule has 0 aromatic heterocycles. The smallest absolute Gasteiger partial charge is 0.400 e. The van der Waals surface area contributed by atoms with E-state index in [9.17, 15) is 22.8 Å². The quantitative estimate of drug-likeness (QED) is 0.811. The largest absolute Gasteiger partial charge is 0.481 e. The van der Waals surface area contributed by atoms with Crippen molar-refractivity contribution in [1.29, 1.82) is 0 Å². The number of carbonyl (C=O) groups is 2. The highest BCUT2D eigenvalue weighted by Crippen LogP contribution is 2.28. The number of carboxylic acids is 1. The summed E-state index contributed by atoms with van der Waals surface area (Å²) in [6, 6.07) is 0. The molecular formula is C10H14F3NO3. The van der Waals surface area contributed by atoms with Crippen molar-refractivity contribution >= 4 is 11.9 Å². The van der Waals surface area contributed by atoms with Crippen molar-refractivity contribution in [2.24, 2.45) is 11.8 Å². The van der Waals surface area contributed by atoms with Crippen molar-refractivity contribution in [3.63, 3.8) is 0 Å². The summed E-state index contributed by atoms with van der Waals surface area (Å²) in [5.41, 5.74) is 0. The summed E-state index contributed by atoms with van der Waals surface area (Å²) in [6.45, 7) is 0.984. The number of alkyl halides is 3. The van der Waals surface area contributed by atoms with Crippen molar-refractivity contribution in [3.05, 3.63) is 0 Å². The maximum absolute atomic E-state index is 12.3. The maximum Gasteiger partial charge on any atom is 0.400 e. The predicted molar refractivity (Wildman–Crippen MR) is 52.2 cm³/mol. The Hall–Kier alpha value is -1.27. The fourth-order valence-corrected chi connectivity index (χ4v) is 1.76. The lowest BCUT2D eigenvalue weighted by Gasteiger charge is -2.32. The number of hydrogen-bond acceptors (Lipinski definition) is 2. The summed E-state index contributed by atoms with van der Waals surface area (Å²) in [4.78, 5) is 23.2. The van der Waals surface area contributed by atoms with Gasteiger partial charge in [-0.25, -0.2) is 0 Å². The number of rotatable bonds is 2. The summed E-state index contributed by atoms with van der Waals surface area (Å²) >= 11 is 0. The lowest BCUT2D eigenvalue weighted by atomic mass is 9.96. The van der Waals surface area contributed by atoms with Crippen LogP contribution in [0.2, 0.25) is 0 Å². The minimum atomic E-state index is -4.54. The van der Waals surface area contributed by atoms with Gasteiger partial charge in [-0.1, -0.05) is 0 Å². The Kier molecular flexibility index (Phi) is 4.00. The number of amides is 1. The van der Waals surface area contributed by atoms with E-state index in [1.165, 1.54) is 0 Å². The molecule has 1 rings (SSSR count). The molecule has 0 spiro atoms. The van der Waals surface area contributed by atoms with Gasteiger partial charge in [0.1, 0.15) is 5.92 Å². The van der Waals surface area contributed by atoms with E-state index in [1.54, 1.807) is 0 Å². The third-order valence-electron chi connectivity index (χ3n) is 3.02. The van der Waals surface area contributed by atoms with Crippen molar-refractivity contribution in [2.45, 2.75) is 25.9 Å². The third kappa shape index (κ3) is 3.34. The number of hydrogen-bond donors (Lipinski definition) is 1. The van der Waals surface area contributed by atoms with Crippen molar-refractivity contribution in [1.82, 2.24) is 4.90 Å². The number of aliphatic carboxylic acids is 1. The summed E-state index contributed by atoms with van der Waals surface area (Å²) in [7, 11) is 0. The standard InChI is InChI=1S/C10H14F3NO3/c1-6(10(11,12)13)8(15)14-4-2-7(3-5-14)9(16)17/h6-7H,2-5H2,1H3,(H,16,17). The van der Waals surface area contributed by atoms with Crippen LogP contribution < -0.4 is 0 Å². The monoisotopic (exact) mass is 253 g/mol. The van der Waals surface area contributed by atoms with E-state index in [0.717, 1.165) is 11.8 Å². The normalized spacial score (nSPS) is 20.1. The second-order valence-corrected chi connectivity index (χ2v) is 4.20. The van der Waals surface area contributed by atoms with Gasteiger partial charge < -0.3 is 10.0 Å². The molecule has 1 heterocycles. The topological polar surface area (TPSA) is 57.6 Å². The lowest BCUT2D eigenvalue weighted by molar-refractivity contribution is -0.186. The van der Waals surface area contributed by atoms with Gasteiger partial charge in [-0.2, -0.15) is 13.2 Å². The summed E-state index contributed by atoms with van der Waals surface area (Å²) < 4.78 is 37.0. The van der Waals surface area contributed by atoms with E-state index >= 15 is 0 Å². The molecule has 1 fully saturated rings. The van der Waals surface area contributed by atoms with Crippen LogP contribution in [-0.4, -0.2) is 41.1 Å². The minimum Gasteiger partial charge on any atom is -0.481 e. The molecule has 1 aliphatic rings. The second kappa shape index (κ2) is 4.93. The molecule has 1 N–H and O–H groups in total. The van der Waals surface area contributed by atoms with Crippen molar-refractivity contribution in [3.8, 4) is 0 Å². The average Bonchev–Trinajstić information content (AvgIpc) is 2.26. The first kappa shape index (κ1) is 13.8. The first-order valence-electron chi connectivity index (χ1n) is 5.31. The number of likely N-dealkylation sites (tertiary alicyclic amines) is 1. The van der Waals surface area contributed by atoms with Crippen LogP contribution in [0.3, 0.4) is 0 Å². The van der Waals surface area contributed by atoms with Gasteiger partial charge in [0.25, 0.3) is 0 Å². The highest BCUT2D eigenvalue weighted by atomic mass is 19.4. The molecule has 7 heteroatoms. The van der Waals surface area contributed by atoms with E-state index < -0.39 is 29.9 Å². The van der Waals surface area contributed by atoms with Crippen LogP contribution in [0.25, 0.3) is 0 Å². The molecule has 98 valence electrons. The van der Waals surface area contributed by atoms with E-state index in [1.807, 2.05) is 0 Å².